The van der Waals surface area contributed by atoms with E-state index in [9.17, 15) is 9.59 Å². The summed E-state index contributed by atoms with van der Waals surface area (Å²) in [5.74, 6) is -0.0897. The number of tetrazole rings is 1. The van der Waals surface area contributed by atoms with Crippen molar-refractivity contribution in [1.29, 1.82) is 0 Å². The minimum atomic E-state index is -0.917. The van der Waals surface area contributed by atoms with Gasteiger partial charge in [0.1, 0.15) is 0 Å². The number of imidazole rings is 1. The Bertz CT molecular complexity index is 1740. The number of hydrogen-bond acceptors (Lipinski definition) is 9. The van der Waals surface area contributed by atoms with Crippen LogP contribution in [0.1, 0.15) is 31.2 Å². The summed E-state index contributed by atoms with van der Waals surface area (Å²) < 4.78 is 2.04. The van der Waals surface area contributed by atoms with Crippen LogP contribution in [-0.2, 0) is 22.6 Å². The molecule has 0 spiro atoms. The molecule has 0 aliphatic heterocycles. The molecule has 45 heavy (non-hydrogen) atoms. The Morgan fingerprint density at radius 3 is 2.31 bits per heavy atom. The molecule has 1 aliphatic rings. The fourth-order valence-electron chi connectivity index (χ4n) is 6.14. The number of nitrogens with one attached hydrogen (secondary N) is 1. The van der Waals surface area contributed by atoms with Crippen LogP contribution in [0.4, 0.5) is 5.69 Å². The van der Waals surface area contributed by atoms with E-state index in [-0.39, 0.29) is 18.2 Å². The number of aromatic amines is 1. The number of benzene rings is 3. The number of fused-ring (bicyclic) bond motifs is 1. The van der Waals surface area contributed by atoms with E-state index >= 15 is 0 Å². The van der Waals surface area contributed by atoms with Crippen molar-refractivity contribution in [2.24, 2.45) is 29.0 Å². The van der Waals surface area contributed by atoms with Crippen molar-refractivity contribution in [2.45, 2.75) is 44.7 Å². The van der Waals surface area contributed by atoms with Crippen LogP contribution in [0.5, 0.6) is 0 Å². The second-order valence-electron chi connectivity index (χ2n) is 11.7. The average Bonchev–Trinajstić information content (AvgIpc) is 3.76. The fraction of sp³-hybridized carbons (Fsp3) is 0.333. The number of nitrogens with zero attached hydrogens (tertiary/aromatic N) is 6. The highest BCUT2D eigenvalue weighted by atomic mass is 16.2. The standard InChI is InChI=1S/C33H38N10O2/c34-15-16-42-20-37-29-18-26(11-14-30(29)42)23-5-1-21(2-6-23)17-28(36)33(45)43(32(44)25-7-3-22(19-35)4-8-25)27-12-9-24(10-13-27)31-38-40-41-39-31/h1-2,5-6,9-14,18,20,22,25,28H,3-4,7-8,15-17,19,34-36H2,(H,38,39,40,41)/t22?,25?,28-/m0/s1. The van der Waals surface area contributed by atoms with Crippen LogP contribution >= 0.6 is 0 Å². The number of nitrogens with two attached hydrogens (primary N) is 3. The molecule has 3 aromatic carbocycles. The Labute approximate surface area is 261 Å². The number of amides is 2. The highest BCUT2D eigenvalue weighted by Crippen LogP contribution is 2.32. The van der Waals surface area contributed by atoms with Gasteiger partial charge in [0, 0.05) is 24.6 Å². The maximum atomic E-state index is 13.9. The van der Waals surface area contributed by atoms with Gasteiger partial charge in [-0.05, 0) is 103 Å². The molecule has 6 rings (SSSR count). The van der Waals surface area contributed by atoms with E-state index in [1.165, 1.54) is 4.90 Å². The summed E-state index contributed by atoms with van der Waals surface area (Å²) in [5, 5.41) is 14.1. The van der Waals surface area contributed by atoms with Crippen molar-refractivity contribution in [3.63, 3.8) is 0 Å². The number of imide groups is 1. The van der Waals surface area contributed by atoms with Crippen molar-refractivity contribution >= 4 is 28.5 Å². The smallest absolute Gasteiger partial charge is 0.251 e. The lowest BCUT2D eigenvalue weighted by Gasteiger charge is -2.32. The van der Waals surface area contributed by atoms with Crippen LogP contribution in [0.3, 0.4) is 0 Å². The van der Waals surface area contributed by atoms with Crippen LogP contribution in [0, 0.1) is 11.8 Å². The quantitative estimate of drug-likeness (QED) is 0.185. The number of hydrogen-bond donors (Lipinski definition) is 4. The van der Waals surface area contributed by atoms with Crippen molar-refractivity contribution in [2.75, 3.05) is 18.0 Å². The first-order valence-electron chi connectivity index (χ1n) is 15.4. The summed E-state index contributed by atoms with van der Waals surface area (Å²) in [7, 11) is 0. The van der Waals surface area contributed by atoms with E-state index in [4.69, 9.17) is 17.2 Å². The van der Waals surface area contributed by atoms with Crippen LogP contribution in [0.25, 0.3) is 33.5 Å². The van der Waals surface area contributed by atoms with Gasteiger partial charge in [0.2, 0.25) is 11.7 Å². The minimum Gasteiger partial charge on any atom is -0.330 e. The Kier molecular flexibility index (Phi) is 9.06. The normalized spacial score (nSPS) is 17.3. The Balaban J connectivity index is 1.19. The summed E-state index contributed by atoms with van der Waals surface area (Å²) in [6, 6.07) is 20.2. The molecule has 2 heterocycles. The van der Waals surface area contributed by atoms with Crippen LogP contribution in [0.15, 0.2) is 73.1 Å². The van der Waals surface area contributed by atoms with Gasteiger partial charge in [-0.15, -0.1) is 10.2 Å². The Morgan fingerprint density at radius 1 is 0.933 bits per heavy atom. The fourth-order valence-corrected chi connectivity index (χ4v) is 6.14. The summed E-state index contributed by atoms with van der Waals surface area (Å²) in [6.07, 6.45) is 5.22. The van der Waals surface area contributed by atoms with E-state index in [0.717, 1.165) is 40.6 Å². The maximum absolute atomic E-state index is 13.9. The number of anilines is 1. The number of aromatic nitrogens is 6. The first kappa shape index (κ1) is 30.3. The number of carbonyl (C=O) groups is 2. The van der Waals surface area contributed by atoms with Gasteiger partial charge in [-0.25, -0.2) is 9.88 Å². The van der Waals surface area contributed by atoms with E-state index < -0.39 is 11.9 Å². The van der Waals surface area contributed by atoms with Gasteiger partial charge in [0.25, 0.3) is 5.91 Å². The molecular weight excluding hydrogens is 568 g/mol. The SMILES string of the molecule is NCCn1cnc2cc(-c3ccc(C[C@H](N)C(=O)N(C(=O)C4CCC(CN)CC4)c4ccc(-c5nn[nH]n5)cc4)cc3)ccc21. The molecule has 1 aliphatic carbocycles. The summed E-state index contributed by atoms with van der Waals surface area (Å²) in [5.41, 5.74) is 24.2. The number of carbonyl (C=O) groups excluding carboxylic acids is 2. The van der Waals surface area contributed by atoms with E-state index in [1.54, 1.807) is 24.3 Å². The molecule has 0 radical (unpaired) electrons. The average molecular weight is 607 g/mol. The molecule has 1 saturated carbocycles. The molecule has 12 heteroatoms. The first-order chi connectivity index (χ1) is 21.9. The molecular formula is C33H38N10O2. The van der Waals surface area contributed by atoms with Crippen LogP contribution in [-0.4, -0.2) is 61.1 Å². The molecule has 12 nitrogen and oxygen atoms in total. The third-order valence-corrected chi connectivity index (χ3v) is 8.75. The van der Waals surface area contributed by atoms with E-state index in [1.807, 2.05) is 35.2 Å². The van der Waals surface area contributed by atoms with Gasteiger partial charge in [-0.1, -0.05) is 30.3 Å². The third-order valence-electron chi connectivity index (χ3n) is 8.75. The minimum absolute atomic E-state index is 0.224. The van der Waals surface area contributed by atoms with Crippen molar-refractivity contribution < 1.29 is 9.59 Å². The van der Waals surface area contributed by atoms with Crippen molar-refractivity contribution in [1.82, 2.24) is 30.2 Å². The summed E-state index contributed by atoms with van der Waals surface area (Å²) >= 11 is 0. The maximum Gasteiger partial charge on any atom is 0.251 e. The highest BCUT2D eigenvalue weighted by molar-refractivity contribution is 6.17. The molecule has 7 N–H and O–H groups in total. The topological polar surface area (TPSA) is 188 Å². The second kappa shape index (κ2) is 13.5. The molecule has 232 valence electrons. The first-order valence-corrected chi connectivity index (χ1v) is 15.4. The Hall–Kier alpha value is -4.78. The molecule has 1 fully saturated rings. The second-order valence-corrected chi connectivity index (χ2v) is 11.7. The van der Waals surface area contributed by atoms with Gasteiger partial charge < -0.3 is 21.8 Å². The van der Waals surface area contributed by atoms with Crippen molar-refractivity contribution in [3.05, 3.63) is 78.6 Å². The van der Waals surface area contributed by atoms with Gasteiger partial charge >= 0.3 is 0 Å². The zero-order valence-electron chi connectivity index (χ0n) is 25.0. The third kappa shape index (κ3) is 6.53. The molecule has 5 aromatic rings. The summed E-state index contributed by atoms with van der Waals surface area (Å²) in [4.78, 5) is 33.6. The molecule has 1 atom stereocenters. The lowest BCUT2D eigenvalue weighted by Crippen LogP contribution is -2.50. The Morgan fingerprint density at radius 2 is 1.64 bits per heavy atom. The van der Waals surface area contributed by atoms with Gasteiger partial charge in [0.05, 0.1) is 29.1 Å². The van der Waals surface area contributed by atoms with Crippen LogP contribution < -0.4 is 22.1 Å². The van der Waals surface area contributed by atoms with E-state index in [0.29, 0.717) is 55.5 Å². The highest BCUT2D eigenvalue weighted by Gasteiger charge is 2.35. The predicted octanol–water partition coefficient (Wildman–Crippen LogP) is 3.04. The van der Waals surface area contributed by atoms with Gasteiger partial charge in [0.15, 0.2) is 0 Å². The predicted molar refractivity (Wildman–Crippen MR) is 173 cm³/mol. The molecule has 0 bridgehead atoms. The van der Waals surface area contributed by atoms with Crippen molar-refractivity contribution in [3.8, 4) is 22.5 Å². The molecule has 0 unspecified atom stereocenters. The van der Waals surface area contributed by atoms with Crippen LogP contribution in [0.2, 0.25) is 0 Å². The molecule has 2 aromatic heterocycles. The van der Waals surface area contributed by atoms with Gasteiger partial charge in [-0.2, -0.15) is 5.21 Å². The number of H-pyrrole nitrogens is 1. The summed E-state index contributed by atoms with van der Waals surface area (Å²) in [6.45, 7) is 1.88. The number of rotatable bonds is 10. The molecule has 2 amide bonds. The monoisotopic (exact) mass is 606 g/mol. The lowest BCUT2D eigenvalue weighted by atomic mass is 9.81. The van der Waals surface area contributed by atoms with Gasteiger partial charge in [-0.3, -0.25) is 9.59 Å². The largest absolute Gasteiger partial charge is 0.330 e. The molecule has 0 saturated heterocycles. The van der Waals surface area contributed by atoms with E-state index in [2.05, 4.69) is 43.8 Å². The zero-order chi connectivity index (χ0) is 31.3. The lowest BCUT2D eigenvalue weighted by molar-refractivity contribution is -0.130. The zero-order valence-corrected chi connectivity index (χ0v) is 25.0.